The van der Waals surface area contributed by atoms with Crippen molar-refractivity contribution in [3.05, 3.63) is 58.9 Å². The molecule has 0 fully saturated rings. The van der Waals surface area contributed by atoms with Gasteiger partial charge < -0.3 is 5.32 Å². The van der Waals surface area contributed by atoms with Gasteiger partial charge in [0.15, 0.2) is 0 Å². The standard InChI is InChI=1S/C18H20ClFN2O3S/c1-3-12(2)22-26(24,25)14-9-7-13(8-10-14)21-18(23)11-15-16(19)5-4-6-17(15)20/h4-10,12,22H,3,11H2,1-2H3,(H,21,23)/t12-/m1/s1. The van der Waals surface area contributed by atoms with Gasteiger partial charge in [0, 0.05) is 22.3 Å². The Morgan fingerprint density at radius 3 is 2.42 bits per heavy atom. The third kappa shape index (κ3) is 5.27. The minimum absolute atomic E-state index is 0.105. The number of carbonyl (C=O) groups is 1. The summed E-state index contributed by atoms with van der Waals surface area (Å²) in [7, 11) is -3.61. The lowest BCUT2D eigenvalue weighted by Gasteiger charge is -2.12. The Labute approximate surface area is 157 Å². The predicted molar refractivity (Wildman–Crippen MR) is 100 cm³/mol. The van der Waals surface area contributed by atoms with E-state index in [0.717, 1.165) is 0 Å². The van der Waals surface area contributed by atoms with E-state index in [1.807, 2.05) is 6.92 Å². The Bertz CT molecular complexity index is 866. The molecule has 0 aliphatic heterocycles. The lowest BCUT2D eigenvalue weighted by molar-refractivity contribution is -0.115. The van der Waals surface area contributed by atoms with Crippen molar-refractivity contribution in [2.75, 3.05) is 5.32 Å². The van der Waals surface area contributed by atoms with Gasteiger partial charge in [-0.2, -0.15) is 0 Å². The van der Waals surface area contributed by atoms with Gasteiger partial charge in [-0.15, -0.1) is 0 Å². The monoisotopic (exact) mass is 398 g/mol. The van der Waals surface area contributed by atoms with Gasteiger partial charge in [-0.3, -0.25) is 4.79 Å². The summed E-state index contributed by atoms with van der Waals surface area (Å²) >= 11 is 5.91. The predicted octanol–water partition coefficient (Wildman–Crippen LogP) is 3.74. The normalized spacial score (nSPS) is 12.6. The summed E-state index contributed by atoms with van der Waals surface area (Å²) in [5.41, 5.74) is 0.522. The van der Waals surface area contributed by atoms with Crippen LogP contribution >= 0.6 is 11.6 Å². The molecule has 0 aromatic heterocycles. The highest BCUT2D eigenvalue weighted by Gasteiger charge is 2.17. The van der Waals surface area contributed by atoms with Gasteiger partial charge in [0.1, 0.15) is 5.82 Å². The number of benzene rings is 2. The highest BCUT2D eigenvalue weighted by Crippen LogP contribution is 2.20. The number of nitrogens with one attached hydrogen (secondary N) is 2. The second-order valence-electron chi connectivity index (χ2n) is 5.88. The molecule has 2 rings (SSSR count). The molecule has 26 heavy (non-hydrogen) atoms. The molecule has 5 nitrogen and oxygen atoms in total. The third-order valence-corrected chi connectivity index (χ3v) is 5.78. The second-order valence-corrected chi connectivity index (χ2v) is 8.00. The molecule has 0 heterocycles. The van der Waals surface area contributed by atoms with E-state index in [9.17, 15) is 17.6 Å². The summed E-state index contributed by atoms with van der Waals surface area (Å²) in [6.07, 6.45) is 0.451. The molecule has 0 bridgehead atoms. The maximum atomic E-state index is 13.7. The fraction of sp³-hybridized carbons (Fsp3) is 0.278. The smallest absolute Gasteiger partial charge is 0.240 e. The number of hydrogen-bond acceptors (Lipinski definition) is 3. The minimum Gasteiger partial charge on any atom is -0.326 e. The molecule has 1 amide bonds. The molecule has 2 aromatic rings. The number of rotatable bonds is 7. The Kier molecular flexibility index (Phi) is 6.75. The molecule has 0 unspecified atom stereocenters. The maximum Gasteiger partial charge on any atom is 0.240 e. The van der Waals surface area contributed by atoms with Gasteiger partial charge in [-0.05, 0) is 49.7 Å². The molecule has 0 spiro atoms. The van der Waals surface area contributed by atoms with Crippen LogP contribution in [0.4, 0.5) is 10.1 Å². The molecule has 0 aliphatic rings. The van der Waals surface area contributed by atoms with E-state index in [1.54, 1.807) is 6.92 Å². The van der Waals surface area contributed by atoms with Crippen molar-refractivity contribution in [3.63, 3.8) is 0 Å². The highest BCUT2D eigenvalue weighted by molar-refractivity contribution is 7.89. The average molecular weight is 399 g/mol. The van der Waals surface area contributed by atoms with Crippen molar-refractivity contribution in [2.24, 2.45) is 0 Å². The summed E-state index contributed by atoms with van der Waals surface area (Å²) in [4.78, 5) is 12.2. The number of sulfonamides is 1. The van der Waals surface area contributed by atoms with E-state index in [-0.39, 0.29) is 27.9 Å². The quantitative estimate of drug-likeness (QED) is 0.746. The molecule has 0 aliphatic carbocycles. The largest absolute Gasteiger partial charge is 0.326 e. The number of anilines is 1. The molecule has 0 saturated carbocycles. The molecule has 140 valence electrons. The van der Waals surface area contributed by atoms with Crippen molar-refractivity contribution in [1.29, 1.82) is 0 Å². The van der Waals surface area contributed by atoms with E-state index < -0.39 is 21.7 Å². The van der Waals surface area contributed by atoms with Crippen LogP contribution in [0.15, 0.2) is 47.4 Å². The van der Waals surface area contributed by atoms with Crippen LogP contribution in [-0.2, 0) is 21.2 Å². The van der Waals surface area contributed by atoms with Crippen LogP contribution in [0.1, 0.15) is 25.8 Å². The van der Waals surface area contributed by atoms with E-state index >= 15 is 0 Å². The zero-order valence-electron chi connectivity index (χ0n) is 14.4. The van der Waals surface area contributed by atoms with Crippen LogP contribution in [0, 0.1) is 5.82 Å². The average Bonchev–Trinajstić information content (AvgIpc) is 2.58. The molecule has 0 saturated heterocycles. The van der Waals surface area contributed by atoms with Crippen molar-refractivity contribution in [2.45, 2.75) is 37.6 Å². The molecule has 2 aromatic carbocycles. The number of halogens is 2. The zero-order valence-corrected chi connectivity index (χ0v) is 16.0. The topological polar surface area (TPSA) is 75.3 Å². The molecule has 1 atom stereocenters. The fourth-order valence-corrected chi connectivity index (χ4v) is 3.76. The van der Waals surface area contributed by atoms with Crippen LogP contribution in [0.25, 0.3) is 0 Å². The van der Waals surface area contributed by atoms with Gasteiger partial charge in [0.05, 0.1) is 11.3 Å². The van der Waals surface area contributed by atoms with Crippen LogP contribution < -0.4 is 10.0 Å². The lowest BCUT2D eigenvalue weighted by Crippen LogP contribution is -2.31. The summed E-state index contributed by atoms with van der Waals surface area (Å²) in [6, 6.07) is 9.79. The first-order valence-corrected chi connectivity index (χ1v) is 9.94. The molecular formula is C18H20ClFN2O3S. The van der Waals surface area contributed by atoms with Crippen LogP contribution in [0.5, 0.6) is 0 Å². The Morgan fingerprint density at radius 1 is 1.19 bits per heavy atom. The van der Waals surface area contributed by atoms with Crippen LogP contribution in [0.3, 0.4) is 0 Å². The van der Waals surface area contributed by atoms with Crippen molar-refractivity contribution >= 4 is 33.2 Å². The first-order chi connectivity index (χ1) is 12.2. The third-order valence-electron chi connectivity index (χ3n) is 3.82. The SMILES string of the molecule is CC[C@@H](C)NS(=O)(=O)c1ccc(NC(=O)Cc2c(F)cccc2Cl)cc1. The Balaban J connectivity index is 2.06. The Hall–Kier alpha value is -1.96. The van der Waals surface area contributed by atoms with Gasteiger partial charge in [0.2, 0.25) is 15.9 Å². The number of hydrogen-bond donors (Lipinski definition) is 2. The van der Waals surface area contributed by atoms with E-state index in [0.29, 0.717) is 12.1 Å². The van der Waals surface area contributed by atoms with E-state index in [1.165, 1.54) is 42.5 Å². The summed E-state index contributed by atoms with van der Waals surface area (Å²) in [6.45, 7) is 3.66. The minimum atomic E-state index is -3.61. The fourth-order valence-electron chi connectivity index (χ4n) is 2.20. The number of carbonyl (C=O) groups excluding carboxylic acids is 1. The molecule has 2 N–H and O–H groups in total. The van der Waals surface area contributed by atoms with Crippen LogP contribution in [-0.4, -0.2) is 20.4 Å². The van der Waals surface area contributed by atoms with Gasteiger partial charge in [0.25, 0.3) is 0 Å². The Morgan fingerprint density at radius 2 is 1.85 bits per heavy atom. The van der Waals surface area contributed by atoms with E-state index in [2.05, 4.69) is 10.0 Å². The number of amides is 1. The van der Waals surface area contributed by atoms with E-state index in [4.69, 9.17) is 11.6 Å². The lowest BCUT2D eigenvalue weighted by atomic mass is 10.1. The second kappa shape index (κ2) is 8.62. The summed E-state index contributed by atoms with van der Waals surface area (Å²) in [5.74, 6) is -1.00. The first kappa shape index (κ1) is 20.4. The first-order valence-electron chi connectivity index (χ1n) is 8.08. The molecule has 8 heteroatoms. The summed E-state index contributed by atoms with van der Waals surface area (Å²) in [5, 5.41) is 2.77. The van der Waals surface area contributed by atoms with Gasteiger partial charge in [-0.25, -0.2) is 17.5 Å². The molecule has 0 radical (unpaired) electrons. The van der Waals surface area contributed by atoms with Gasteiger partial charge >= 0.3 is 0 Å². The zero-order chi connectivity index (χ0) is 19.3. The highest BCUT2D eigenvalue weighted by atomic mass is 35.5. The maximum absolute atomic E-state index is 13.7. The van der Waals surface area contributed by atoms with Crippen molar-refractivity contribution < 1.29 is 17.6 Å². The van der Waals surface area contributed by atoms with Crippen molar-refractivity contribution in [1.82, 2.24) is 4.72 Å². The van der Waals surface area contributed by atoms with Crippen molar-refractivity contribution in [3.8, 4) is 0 Å². The molecular weight excluding hydrogens is 379 g/mol. The van der Waals surface area contributed by atoms with Crippen LogP contribution in [0.2, 0.25) is 5.02 Å². The summed E-state index contributed by atoms with van der Waals surface area (Å²) < 4.78 is 40.7. The van der Waals surface area contributed by atoms with Gasteiger partial charge in [-0.1, -0.05) is 24.6 Å².